The zero-order chi connectivity index (χ0) is 25.3. The maximum Gasteiger partial charge on any atom is 0.407 e. The first kappa shape index (κ1) is 25.0. The van der Waals surface area contributed by atoms with Crippen molar-refractivity contribution in [1.29, 1.82) is 0 Å². The number of aromatic nitrogens is 3. The molecule has 10 heteroatoms. The number of carbonyl (C=O) groups is 1. The highest BCUT2D eigenvalue weighted by Gasteiger charge is 2.35. The van der Waals surface area contributed by atoms with Crippen LogP contribution in [-0.2, 0) is 9.30 Å². The van der Waals surface area contributed by atoms with Gasteiger partial charge in [-0.15, -0.1) is 11.3 Å². The summed E-state index contributed by atoms with van der Waals surface area (Å²) < 4.78 is 18.9. The van der Waals surface area contributed by atoms with Crippen LogP contribution in [0, 0.1) is 6.92 Å². The summed E-state index contributed by atoms with van der Waals surface area (Å²) in [5, 5.41) is 15.6. The van der Waals surface area contributed by atoms with E-state index in [9.17, 15) is 9.36 Å². The highest BCUT2D eigenvalue weighted by atomic mass is 32.1. The van der Waals surface area contributed by atoms with Crippen LogP contribution in [0.4, 0.5) is 16.3 Å². The molecule has 1 saturated carbocycles. The van der Waals surface area contributed by atoms with Crippen LogP contribution in [0.25, 0.3) is 10.4 Å². The fourth-order valence-corrected chi connectivity index (χ4v) is 8.55. The molecule has 0 spiro atoms. The topological polar surface area (TPSA) is 109 Å². The van der Waals surface area contributed by atoms with Crippen LogP contribution >= 0.6 is 18.5 Å². The Kier molecular flexibility index (Phi) is 7.22. The number of H-pyrrole nitrogens is 1. The molecule has 0 bridgehead atoms. The lowest BCUT2D eigenvalue weighted by molar-refractivity contribution is 0.109. The molecular formula is C26H34N5O3PS. The fourth-order valence-electron chi connectivity index (χ4n) is 4.97. The second-order valence-electron chi connectivity index (χ2n) is 10.2. The van der Waals surface area contributed by atoms with Gasteiger partial charge in [0.2, 0.25) is 0 Å². The Labute approximate surface area is 216 Å². The molecule has 8 nitrogen and oxygen atoms in total. The largest absolute Gasteiger partial charge is 0.447 e. The molecule has 3 aromatic rings. The number of hydrogen-bond donors (Lipinski definition) is 3. The van der Waals surface area contributed by atoms with E-state index in [1.807, 2.05) is 45.2 Å². The summed E-state index contributed by atoms with van der Waals surface area (Å²) in [4.78, 5) is 17.8. The third kappa shape index (κ3) is 5.52. The van der Waals surface area contributed by atoms with Crippen LogP contribution in [0.1, 0.15) is 62.6 Å². The van der Waals surface area contributed by atoms with Gasteiger partial charge in [-0.05, 0) is 65.0 Å². The number of hydrogen-bond acceptors (Lipinski definition) is 7. The van der Waals surface area contributed by atoms with E-state index in [4.69, 9.17) is 9.72 Å². The van der Waals surface area contributed by atoms with Gasteiger partial charge >= 0.3 is 6.09 Å². The van der Waals surface area contributed by atoms with E-state index in [1.54, 1.807) is 11.3 Å². The summed E-state index contributed by atoms with van der Waals surface area (Å²) >= 11 is 1.71. The van der Waals surface area contributed by atoms with Crippen molar-refractivity contribution < 1.29 is 14.1 Å². The molecule has 2 aromatic heterocycles. The molecule has 5 rings (SSSR count). The van der Waals surface area contributed by atoms with Gasteiger partial charge in [0.05, 0.1) is 16.0 Å². The van der Waals surface area contributed by atoms with Gasteiger partial charge in [-0.25, -0.2) is 9.78 Å². The predicted octanol–water partition coefficient (Wildman–Crippen LogP) is 6.14. The second kappa shape index (κ2) is 10.4. The quantitative estimate of drug-likeness (QED) is 0.319. The van der Waals surface area contributed by atoms with Crippen molar-refractivity contribution in [2.45, 2.75) is 70.9 Å². The van der Waals surface area contributed by atoms with E-state index in [1.165, 1.54) is 0 Å². The highest BCUT2D eigenvalue weighted by Crippen LogP contribution is 2.56. The Balaban J connectivity index is 1.30. The third-order valence-corrected chi connectivity index (χ3v) is 11.5. The monoisotopic (exact) mass is 527 g/mol. The standard InChI is InChI=1S/C26H34N5O3PS/c1-16(2)34-26(32)29-19-7-5-18(6-8-19)25-27-15-23(36-25)21-10-9-20(28-24-13-17(3)30-31-24)14-22(21)35(33)11-4-12-35/h9-10,13-16,18-19H,4-8,11-12H2,1-3H3,(H,29,32)(H2,28,30,31). The van der Waals surface area contributed by atoms with Gasteiger partial charge in [0.15, 0.2) is 5.82 Å². The molecule has 3 N–H and O–H groups in total. The molecule has 3 heterocycles. The molecule has 2 fully saturated rings. The Morgan fingerprint density at radius 1 is 1.19 bits per heavy atom. The van der Waals surface area contributed by atoms with Gasteiger partial charge in [-0.3, -0.25) is 5.10 Å². The molecule has 1 amide bonds. The van der Waals surface area contributed by atoms with Crippen molar-refractivity contribution >= 4 is 41.4 Å². The van der Waals surface area contributed by atoms with E-state index in [2.05, 4.69) is 26.9 Å². The van der Waals surface area contributed by atoms with Gasteiger partial charge in [0, 0.05) is 58.8 Å². The SMILES string of the molecule is Cc1cc(Nc2ccc(-c3cnc(C4CCC(NC(=O)OC(C)C)CC4)s3)c(P3(=O)CCC3)c2)n[nH]1. The zero-order valence-electron chi connectivity index (χ0n) is 21.0. The lowest BCUT2D eigenvalue weighted by Crippen LogP contribution is -2.38. The van der Waals surface area contributed by atoms with Crippen molar-refractivity contribution in [3.8, 4) is 10.4 Å². The third-order valence-electron chi connectivity index (χ3n) is 6.98. The van der Waals surface area contributed by atoms with Crippen molar-refractivity contribution in [2.24, 2.45) is 0 Å². The van der Waals surface area contributed by atoms with Crippen LogP contribution in [0.3, 0.4) is 0 Å². The highest BCUT2D eigenvalue weighted by molar-refractivity contribution is 7.73. The molecule has 36 heavy (non-hydrogen) atoms. The Morgan fingerprint density at radius 3 is 2.61 bits per heavy atom. The van der Waals surface area contributed by atoms with Crippen LogP contribution in [0.15, 0.2) is 30.5 Å². The average Bonchev–Trinajstić information content (AvgIpc) is 3.47. The maximum atomic E-state index is 13.7. The van der Waals surface area contributed by atoms with E-state index >= 15 is 0 Å². The van der Waals surface area contributed by atoms with Crippen LogP contribution in [0.2, 0.25) is 0 Å². The molecule has 0 radical (unpaired) electrons. The molecule has 2 aliphatic rings. The first-order valence-electron chi connectivity index (χ1n) is 12.7. The Hall–Kier alpha value is -2.64. The predicted molar refractivity (Wildman–Crippen MR) is 145 cm³/mol. The minimum atomic E-state index is -2.37. The van der Waals surface area contributed by atoms with Crippen molar-refractivity contribution in [2.75, 3.05) is 17.6 Å². The number of benzene rings is 1. The number of ether oxygens (including phenoxy) is 1. The molecular weight excluding hydrogens is 493 g/mol. The number of amides is 1. The smallest absolute Gasteiger partial charge is 0.407 e. The number of nitrogens with one attached hydrogen (secondary N) is 3. The first-order chi connectivity index (χ1) is 17.3. The van der Waals surface area contributed by atoms with Gasteiger partial charge in [0.25, 0.3) is 0 Å². The summed E-state index contributed by atoms with van der Waals surface area (Å²) in [6, 6.07) is 8.26. The number of aryl methyl sites for hydroxylation is 1. The Bertz CT molecular complexity index is 1270. The number of alkyl carbamates (subject to hydrolysis) is 1. The minimum absolute atomic E-state index is 0.116. The zero-order valence-corrected chi connectivity index (χ0v) is 22.8. The molecule has 0 unspecified atom stereocenters. The molecule has 1 saturated heterocycles. The van der Waals surface area contributed by atoms with Crippen molar-refractivity contribution in [3.63, 3.8) is 0 Å². The van der Waals surface area contributed by atoms with Gasteiger partial charge < -0.3 is 19.9 Å². The lowest BCUT2D eigenvalue weighted by atomic mass is 9.86. The second-order valence-corrected chi connectivity index (χ2v) is 14.4. The van der Waals surface area contributed by atoms with Gasteiger partial charge in [-0.1, -0.05) is 6.07 Å². The van der Waals surface area contributed by atoms with Gasteiger partial charge in [-0.2, -0.15) is 5.10 Å². The van der Waals surface area contributed by atoms with Crippen LogP contribution in [-0.4, -0.2) is 45.7 Å². The maximum absolute atomic E-state index is 13.7. The number of rotatable bonds is 7. The van der Waals surface area contributed by atoms with E-state index in [0.717, 1.165) is 82.4 Å². The summed E-state index contributed by atoms with van der Waals surface area (Å²) in [5.41, 5.74) is 2.92. The van der Waals surface area contributed by atoms with Gasteiger partial charge in [0.1, 0.15) is 7.14 Å². The molecule has 0 atom stereocenters. The lowest BCUT2D eigenvalue weighted by Gasteiger charge is -2.29. The van der Waals surface area contributed by atoms with E-state index in [0.29, 0.717) is 5.92 Å². The van der Waals surface area contributed by atoms with Crippen molar-refractivity contribution in [3.05, 3.63) is 41.2 Å². The Morgan fingerprint density at radius 2 is 1.97 bits per heavy atom. The molecule has 1 aliphatic carbocycles. The average molecular weight is 528 g/mol. The normalized spacial score (nSPS) is 21.1. The molecule has 192 valence electrons. The van der Waals surface area contributed by atoms with E-state index in [-0.39, 0.29) is 18.2 Å². The fraction of sp³-hybridized carbons (Fsp3) is 0.500. The summed E-state index contributed by atoms with van der Waals surface area (Å²) in [6.07, 6.45) is 7.86. The molecule has 1 aliphatic heterocycles. The van der Waals surface area contributed by atoms with Crippen LogP contribution < -0.4 is 15.9 Å². The van der Waals surface area contributed by atoms with E-state index < -0.39 is 7.14 Å². The van der Waals surface area contributed by atoms with Crippen LogP contribution in [0.5, 0.6) is 0 Å². The number of anilines is 2. The first-order valence-corrected chi connectivity index (χ1v) is 15.6. The number of carbonyl (C=O) groups excluding carboxylic acids is 1. The summed E-state index contributed by atoms with van der Waals surface area (Å²) in [7, 11) is -2.37. The number of aromatic amines is 1. The number of nitrogens with zero attached hydrogens (tertiary/aromatic N) is 2. The summed E-state index contributed by atoms with van der Waals surface area (Å²) in [6.45, 7) is 5.67. The minimum Gasteiger partial charge on any atom is -0.447 e. The summed E-state index contributed by atoms with van der Waals surface area (Å²) in [5.74, 6) is 1.13. The molecule has 1 aromatic carbocycles. The number of thiazole rings is 1. The van der Waals surface area contributed by atoms with Crippen molar-refractivity contribution in [1.82, 2.24) is 20.5 Å².